The van der Waals surface area contributed by atoms with Crippen molar-refractivity contribution in [3.8, 4) is 0 Å². The molecule has 0 radical (unpaired) electrons. The van der Waals surface area contributed by atoms with Crippen LogP contribution < -0.4 is 0 Å². The van der Waals surface area contributed by atoms with Crippen molar-refractivity contribution in [2.24, 2.45) is 0 Å². The van der Waals surface area contributed by atoms with Gasteiger partial charge in [-0.25, -0.2) is 0 Å². The van der Waals surface area contributed by atoms with Crippen molar-refractivity contribution < 1.29 is 24.2 Å². The maximum atomic E-state index is 2.19. The van der Waals surface area contributed by atoms with E-state index in [9.17, 15) is 0 Å². The van der Waals surface area contributed by atoms with Gasteiger partial charge < -0.3 is 0 Å². The van der Waals surface area contributed by atoms with Crippen LogP contribution in [0.1, 0.15) is 6.92 Å². The fourth-order valence-electron chi connectivity index (χ4n) is 0. The molecule has 0 bridgehead atoms. The second kappa shape index (κ2) is 2.22. The summed E-state index contributed by atoms with van der Waals surface area (Å²) in [5, 5.41) is 0. The molecule has 0 nitrogen and oxygen atoms in total. The van der Waals surface area contributed by atoms with Gasteiger partial charge in [0.25, 0.3) is 0 Å². The zero-order valence-electron chi connectivity index (χ0n) is 3.00. The molecule has 0 saturated carbocycles. The van der Waals surface area contributed by atoms with E-state index < -0.39 is 0 Å². The predicted octanol–water partition coefficient (Wildman–Crippen LogP) is -0.952. The molecule has 0 aliphatic rings. The molecule has 0 N–H and O–H groups in total. The second-order valence-corrected chi connectivity index (χ2v) is 7.42. The Balaban J connectivity index is 2.80. The molecule has 0 rings (SSSR count). The van der Waals surface area contributed by atoms with E-state index >= 15 is 0 Å². The van der Waals surface area contributed by atoms with Gasteiger partial charge in [-0.1, -0.05) is 0 Å². The summed E-state index contributed by atoms with van der Waals surface area (Å²) in [4.78, 5) is 0. The number of rotatable bonds is 0. The van der Waals surface area contributed by atoms with E-state index in [1.165, 1.54) is 10.2 Å². The summed E-state index contributed by atoms with van der Waals surface area (Å²) in [6, 6.07) is 0. The Bertz CT molecular complexity index is 29.0. The molecule has 0 aromatic rings. The van der Waals surface area contributed by atoms with Gasteiger partial charge in [0.05, 0.1) is 0 Å². The average Bonchev–Trinajstić information content (AvgIpc) is 0.811. The van der Waals surface area contributed by atoms with Crippen molar-refractivity contribution >= 4 is 13.1 Å². The van der Waals surface area contributed by atoms with Crippen LogP contribution in [0.3, 0.4) is 0 Å². The molecule has 0 spiro atoms. The first-order valence-electron chi connectivity index (χ1n) is 1.25. The Hall–Kier alpha value is 0.970. The molecule has 0 aliphatic carbocycles. The molecular weight excluding hydrogens is 143 g/mol. The van der Waals surface area contributed by atoms with Gasteiger partial charge in [0, 0.05) is 0 Å². The van der Waals surface area contributed by atoms with Gasteiger partial charge in [0.1, 0.15) is 0 Å². The van der Waals surface area contributed by atoms with Gasteiger partial charge in [0.2, 0.25) is 0 Å². The van der Waals surface area contributed by atoms with E-state index in [0.29, 0.717) is 0 Å². The quantitative estimate of drug-likeness (QED) is 0.390. The molecule has 0 aromatic heterocycles. The summed E-state index contributed by atoms with van der Waals surface area (Å²) in [6.45, 7) is 2.19. The Kier molecular flexibility index (Phi) is 2.76. The fraction of sp³-hybridized carbons (Fsp3) is 0.500. The first-order valence-corrected chi connectivity index (χ1v) is 3.48. The summed E-state index contributed by atoms with van der Waals surface area (Å²) < 4.78 is 1.65. The molecule has 4 heavy (non-hydrogen) atoms. The molecule has 20 valence electrons. The minimum atomic E-state index is 1.31. The molecule has 0 saturated heterocycles. The third kappa shape index (κ3) is 12.3. The van der Waals surface area contributed by atoms with Crippen LogP contribution >= 0.6 is 0 Å². The first kappa shape index (κ1) is 4.97. The van der Waals surface area contributed by atoms with Crippen molar-refractivity contribution in [3.05, 3.63) is 0 Å². The third-order valence-electron chi connectivity index (χ3n) is 0. The van der Waals surface area contributed by atoms with E-state index in [0.717, 1.165) is 0 Å². The number of hydrogen-bond donors (Lipinski definition) is 0. The van der Waals surface area contributed by atoms with Crippen LogP contribution in [0.2, 0.25) is 0 Å². The number of hydrogen-bond acceptors (Lipinski definition) is 0. The van der Waals surface area contributed by atoms with Crippen molar-refractivity contribution in [2.75, 3.05) is 0 Å². The van der Waals surface area contributed by atoms with E-state index in [4.69, 9.17) is 0 Å². The van der Waals surface area contributed by atoms with Gasteiger partial charge in [0.15, 0.2) is 0 Å². The molecule has 0 aliphatic heterocycles. The summed E-state index contributed by atoms with van der Waals surface area (Å²) in [5.74, 6) is 0. The van der Waals surface area contributed by atoms with Gasteiger partial charge in [-0.15, -0.1) is 0 Å². The summed E-state index contributed by atoms with van der Waals surface area (Å²) in [5.41, 5.74) is 0. The van der Waals surface area contributed by atoms with Crippen molar-refractivity contribution in [3.63, 3.8) is 0 Å². The molecule has 0 fully saturated rings. The van der Waals surface area contributed by atoms with Crippen LogP contribution in [0, 0.1) is 0 Å². The minimum absolute atomic E-state index is 1.31. The monoisotopic (exact) mass is 148 g/mol. The SMILES string of the molecule is C[C]([SiH3])=[Zr+2]. The predicted molar refractivity (Wildman–Crippen MR) is 20.6 cm³/mol. The van der Waals surface area contributed by atoms with Crippen LogP contribution in [0.4, 0.5) is 0 Å². The molecular formula is C2H6SiZr+2. The average molecular weight is 149 g/mol. The van der Waals surface area contributed by atoms with Crippen molar-refractivity contribution in [1.29, 1.82) is 0 Å². The van der Waals surface area contributed by atoms with Crippen LogP contribution in [-0.2, 0) is 24.2 Å². The second-order valence-electron chi connectivity index (χ2n) is 1.00. The van der Waals surface area contributed by atoms with Gasteiger partial charge in [-0.05, 0) is 0 Å². The Labute approximate surface area is 44.3 Å². The van der Waals surface area contributed by atoms with Crippen LogP contribution in [0.15, 0.2) is 0 Å². The maximum absolute atomic E-state index is 2.19. The zero-order valence-corrected chi connectivity index (χ0v) is 7.46. The molecule has 2 heteroatoms. The normalized spacial score (nSPS) is 7.75. The molecule has 0 aromatic carbocycles. The van der Waals surface area contributed by atoms with Gasteiger partial charge in [-0.2, -0.15) is 0 Å². The summed E-state index contributed by atoms with van der Waals surface area (Å²) in [7, 11) is 1.31. The van der Waals surface area contributed by atoms with E-state index in [2.05, 4.69) is 6.92 Å². The van der Waals surface area contributed by atoms with Crippen LogP contribution in [-0.4, -0.2) is 13.1 Å². The van der Waals surface area contributed by atoms with E-state index in [1.54, 1.807) is 27.1 Å². The van der Waals surface area contributed by atoms with E-state index in [1.807, 2.05) is 0 Å². The van der Waals surface area contributed by atoms with Crippen LogP contribution in [0.25, 0.3) is 0 Å². The van der Waals surface area contributed by atoms with Crippen molar-refractivity contribution in [2.45, 2.75) is 6.92 Å². The molecule has 0 unspecified atom stereocenters. The third-order valence-corrected chi connectivity index (χ3v) is 0. The Morgan fingerprint density at radius 1 is 2.00 bits per heavy atom. The fourth-order valence-corrected chi connectivity index (χ4v) is 0. The van der Waals surface area contributed by atoms with Gasteiger partial charge >= 0.3 is 44.2 Å². The van der Waals surface area contributed by atoms with Crippen LogP contribution in [0.5, 0.6) is 0 Å². The Morgan fingerprint density at radius 3 is 2.00 bits per heavy atom. The molecule has 0 heterocycles. The Morgan fingerprint density at radius 2 is 2.00 bits per heavy atom. The first-order chi connectivity index (χ1) is 1.73. The summed E-state index contributed by atoms with van der Waals surface area (Å²) in [6.07, 6.45) is 0. The van der Waals surface area contributed by atoms with E-state index in [-0.39, 0.29) is 0 Å². The molecule has 0 amide bonds. The molecule has 0 atom stereocenters. The topological polar surface area (TPSA) is 0 Å². The van der Waals surface area contributed by atoms with Crippen molar-refractivity contribution in [1.82, 2.24) is 0 Å². The summed E-state index contributed by atoms with van der Waals surface area (Å²) >= 11 is 1.62. The standard InChI is InChI=1S/C2H6Si.Zr/c1-2-3;/h1,3H3;/q;+2. The zero-order chi connectivity index (χ0) is 3.58. The van der Waals surface area contributed by atoms with Gasteiger partial charge in [-0.3, -0.25) is 0 Å².